The Balaban J connectivity index is 2.88. The molecule has 0 atom stereocenters. The molecule has 0 saturated heterocycles. The van der Waals surface area contributed by atoms with Gasteiger partial charge >= 0.3 is 0 Å². The Morgan fingerprint density at radius 2 is 2.00 bits per heavy atom. The smallest absolute Gasteiger partial charge is 0.233 e. The van der Waals surface area contributed by atoms with Crippen molar-refractivity contribution < 1.29 is 8.42 Å². The average molecular weight is 242 g/mol. The number of nitrogens with one attached hydrogen (secondary N) is 1. The molecule has 1 aromatic carbocycles. The van der Waals surface area contributed by atoms with Crippen molar-refractivity contribution in [3.63, 3.8) is 0 Å². The molecule has 16 heavy (non-hydrogen) atoms. The third-order valence-corrected chi connectivity index (χ3v) is 3.49. The van der Waals surface area contributed by atoms with Gasteiger partial charge in [0.1, 0.15) is 0 Å². The van der Waals surface area contributed by atoms with Gasteiger partial charge in [-0.15, -0.1) is 0 Å². The highest BCUT2D eigenvalue weighted by molar-refractivity contribution is 7.92. The van der Waals surface area contributed by atoms with Crippen molar-refractivity contribution in [2.75, 3.05) is 17.0 Å². The average Bonchev–Trinajstić information content (AvgIpc) is 2.20. The van der Waals surface area contributed by atoms with E-state index in [9.17, 15) is 8.42 Å². The van der Waals surface area contributed by atoms with Crippen LogP contribution < -0.4 is 10.5 Å². The van der Waals surface area contributed by atoms with Crippen LogP contribution in [-0.4, -0.2) is 20.7 Å². The van der Waals surface area contributed by atoms with Gasteiger partial charge in [-0.1, -0.05) is 31.5 Å². The third-order valence-electron chi connectivity index (χ3n) is 2.19. The van der Waals surface area contributed by atoms with Crippen LogP contribution in [0.4, 0.5) is 5.69 Å². The summed E-state index contributed by atoms with van der Waals surface area (Å²) < 4.78 is 25.7. The van der Waals surface area contributed by atoms with E-state index in [1.54, 1.807) is 6.07 Å². The van der Waals surface area contributed by atoms with Crippen LogP contribution >= 0.6 is 0 Å². The van der Waals surface area contributed by atoms with Crippen LogP contribution in [0.15, 0.2) is 24.3 Å². The standard InChI is InChI=1S/C11H18N2O2S/c1-2-5-10-6-3-4-7-11(10)13-16(14,15)9-8-12/h3-4,6-7,13H,2,5,8-9,12H2,1H3. The van der Waals surface area contributed by atoms with Crippen molar-refractivity contribution in [1.82, 2.24) is 0 Å². The topological polar surface area (TPSA) is 72.2 Å². The summed E-state index contributed by atoms with van der Waals surface area (Å²) in [6.07, 6.45) is 1.84. The summed E-state index contributed by atoms with van der Waals surface area (Å²) in [6.45, 7) is 2.19. The Morgan fingerprint density at radius 3 is 2.62 bits per heavy atom. The van der Waals surface area contributed by atoms with Gasteiger partial charge in [0, 0.05) is 6.54 Å². The summed E-state index contributed by atoms with van der Waals surface area (Å²) in [5.74, 6) is -0.0482. The summed E-state index contributed by atoms with van der Waals surface area (Å²) in [5, 5.41) is 0. The molecule has 0 amide bonds. The van der Waals surface area contributed by atoms with E-state index >= 15 is 0 Å². The molecule has 0 fully saturated rings. The first-order valence-electron chi connectivity index (χ1n) is 5.37. The zero-order valence-electron chi connectivity index (χ0n) is 9.44. The molecule has 0 bridgehead atoms. The van der Waals surface area contributed by atoms with Gasteiger partial charge in [0.15, 0.2) is 0 Å². The summed E-state index contributed by atoms with van der Waals surface area (Å²) in [4.78, 5) is 0. The lowest BCUT2D eigenvalue weighted by Gasteiger charge is -2.11. The molecule has 0 aromatic heterocycles. The lowest BCUT2D eigenvalue weighted by Crippen LogP contribution is -2.22. The fourth-order valence-corrected chi connectivity index (χ4v) is 2.43. The van der Waals surface area contributed by atoms with E-state index in [0.717, 1.165) is 18.4 Å². The van der Waals surface area contributed by atoms with Gasteiger partial charge in [0.05, 0.1) is 11.4 Å². The lowest BCUT2D eigenvalue weighted by atomic mass is 10.1. The quantitative estimate of drug-likeness (QED) is 0.790. The third kappa shape index (κ3) is 3.83. The number of hydrogen-bond donors (Lipinski definition) is 2. The monoisotopic (exact) mass is 242 g/mol. The Hall–Kier alpha value is -1.07. The van der Waals surface area contributed by atoms with Gasteiger partial charge in [-0.25, -0.2) is 8.42 Å². The van der Waals surface area contributed by atoms with Crippen LogP contribution in [0.2, 0.25) is 0 Å². The molecule has 0 radical (unpaired) electrons. The maximum absolute atomic E-state index is 11.6. The van der Waals surface area contributed by atoms with Crippen molar-refractivity contribution in [1.29, 1.82) is 0 Å². The predicted octanol–water partition coefficient (Wildman–Crippen LogP) is 1.34. The van der Waals surface area contributed by atoms with Crippen molar-refractivity contribution in [2.24, 2.45) is 5.73 Å². The minimum absolute atomic E-state index is 0.0482. The first-order chi connectivity index (χ1) is 7.59. The second-order valence-corrected chi connectivity index (χ2v) is 5.46. The van der Waals surface area contributed by atoms with E-state index in [1.807, 2.05) is 18.2 Å². The van der Waals surface area contributed by atoms with Crippen LogP contribution in [0.3, 0.4) is 0 Å². The summed E-state index contributed by atoms with van der Waals surface area (Å²) >= 11 is 0. The van der Waals surface area contributed by atoms with Crippen molar-refractivity contribution >= 4 is 15.7 Å². The first-order valence-corrected chi connectivity index (χ1v) is 7.02. The van der Waals surface area contributed by atoms with Crippen molar-refractivity contribution in [2.45, 2.75) is 19.8 Å². The van der Waals surface area contributed by atoms with Crippen LogP contribution in [0.25, 0.3) is 0 Å². The van der Waals surface area contributed by atoms with Crippen molar-refractivity contribution in [3.8, 4) is 0 Å². The van der Waals surface area contributed by atoms with E-state index < -0.39 is 10.0 Å². The molecule has 0 aliphatic rings. The van der Waals surface area contributed by atoms with Gasteiger partial charge < -0.3 is 5.73 Å². The number of nitrogens with two attached hydrogens (primary N) is 1. The fourth-order valence-electron chi connectivity index (χ4n) is 1.48. The predicted molar refractivity (Wildman–Crippen MR) is 66.9 cm³/mol. The van der Waals surface area contributed by atoms with E-state index in [4.69, 9.17) is 5.73 Å². The highest BCUT2D eigenvalue weighted by Crippen LogP contribution is 2.18. The number of hydrogen-bond acceptors (Lipinski definition) is 3. The molecule has 0 saturated carbocycles. The zero-order chi connectivity index (χ0) is 12.0. The minimum atomic E-state index is -3.30. The van der Waals surface area contributed by atoms with Crippen LogP contribution in [0, 0.1) is 0 Å². The highest BCUT2D eigenvalue weighted by atomic mass is 32.2. The molecular weight excluding hydrogens is 224 g/mol. The Labute approximate surface area is 96.9 Å². The van der Waals surface area contributed by atoms with Crippen molar-refractivity contribution in [3.05, 3.63) is 29.8 Å². The van der Waals surface area contributed by atoms with Gasteiger partial charge in [-0.2, -0.15) is 0 Å². The molecule has 1 rings (SSSR count). The normalized spacial score (nSPS) is 11.4. The molecule has 3 N–H and O–H groups in total. The van der Waals surface area contributed by atoms with Crippen LogP contribution in [-0.2, 0) is 16.4 Å². The molecule has 0 aliphatic carbocycles. The number of para-hydroxylation sites is 1. The molecule has 5 heteroatoms. The molecule has 4 nitrogen and oxygen atoms in total. The number of rotatable bonds is 6. The minimum Gasteiger partial charge on any atom is -0.329 e. The fraction of sp³-hybridized carbons (Fsp3) is 0.455. The van der Waals surface area contributed by atoms with E-state index in [1.165, 1.54) is 0 Å². The maximum Gasteiger partial charge on any atom is 0.233 e. The second kappa shape index (κ2) is 5.86. The molecule has 0 aliphatic heterocycles. The SMILES string of the molecule is CCCc1ccccc1NS(=O)(=O)CCN. The zero-order valence-corrected chi connectivity index (χ0v) is 10.3. The van der Waals surface area contributed by atoms with E-state index in [2.05, 4.69) is 11.6 Å². The number of benzene rings is 1. The molecule has 1 aromatic rings. The summed E-state index contributed by atoms with van der Waals surface area (Å²) in [7, 11) is -3.30. The Morgan fingerprint density at radius 1 is 1.31 bits per heavy atom. The van der Waals surface area contributed by atoms with Crippen LogP contribution in [0.5, 0.6) is 0 Å². The number of aryl methyl sites for hydroxylation is 1. The Bertz CT molecular complexity index is 429. The maximum atomic E-state index is 11.6. The van der Waals surface area contributed by atoms with Crippen LogP contribution in [0.1, 0.15) is 18.9 Å². The molecular formula is C11H18N2O2S. The molecule has 90 valence electrons. The van der Waals surface area contributed by atoms with Gasteiger partial charge in [0.2, 0.25) is 10.0 Å². The largest absolute Gasteiger partial charge is 0.329 e. The molecule has 0 spiro atoms. The summed E-state index contributed by atoms with van der Waals surface area (Å²) in [5.41, 5.74) is 6.93. The number of sulfonamides is 1. The molecule has 0 unspecified atom stereocenters. The van der Waals surface area contributed by atoms with Gasteiger partial charge in [0.25, 0.3) is 0 Å². The second-order valence-electron chi connectivity index (χ2n) is 3.62. The summed E-state index contributed by atoms with van der Waals surface area (Å²) in [6, 6.07) is 7.44. The highest BCUT2D eigenvalue weighted by Gasteiger charge is 2.10. The first kappa shape index (κ1) is 13.0. The van der Waals surface area contributed by atoms with Gasteiger partial charge in [-0.3, -0.25) is 4.72 Å². The van der Waals surface area contributed by atoms with E-state index in [0.29, 0.717) is 5.69 Å². The Kier molecular flexibility index (Phi) is 4.76. The van der Waals surface area contributed by atoms with E-state index in [-0.39, 0.29) is 12.3 Å². The number of anilines is 1. The lowest BCUT2D eigenvalue weighted by molar-refractivity contribution is 0.601. The van der Waals surface area contributed by atoms with Gasteiger partial charge in [-0.05, 0) is 18.1 Å². The molecule has 0 heterocycles.